The van der Waals surface area contributed by atoms with Crippen molar-refractivity contribution < 1.29 is 24.2 Å². The molecule has 0 unspecified atom stereocenters. The molecule has 0 saturated heterocycles. The molecule has 1 aromatic heterocycles. The van der Waals surface area contributed by atoms with Gasteiger partial charge < -0.3 is 10.2 Å². The predicted octanol–water partition coefficient (Wildman–Crippen LogP) is 3.59. The van der Waals surface area contributed by atoms with Crippen molar-refractivity contribution in [2.45, 2.75) is 27.2 Å². The molecule has 0 bridgehead atoms. The lowest BCUT2D eigenvalue weighted by Crippen LogP contribution is -2.17. The summed E-state index contributed by atoms with van der Waals surface area (Å²) in [6.07, 6.45) is -0.971. The van der Waals surface area contributed by atoms with E-state index in [-0.39, 0.29) is 16.3 Å². The monoisotopic (exact) mass is 293 g/mol. The van der Waals surface area contributed by atoms with E-state index in [0.717, 1.165) is 6.07 Å². The number of aromatic carboxylic acids is 1. The van der Waals surface area contributed by atoms with Gasteiger partial charge in [-0.25, -0.2) is 18.5 Å². The summed E-state index contributed by atoms with van der Waals surface area (Å²) in [5, 5.41) is 18.7. The zero-order valence-corrected chi connectivity index (χ0v) is 12.0. The van der Waals surface area contributed by atoms with E-state index in [1.807, 2.05) is 20.8 Å². The van der Waals surface area contributed by atoms with Crippen LogP contribution in [0.2, 0.25) is 0 Å². The third kappa shape index (κ3) is 2.89. The second kappa shape index (κ2) is 4.87. The van der Waals surface area contributed by atoms with Gasteiger partial charge in [0, 0.05) is 5.39 Å². The van der Waals surface area contributed by atoms with E-state index < -0.39 is 23.6 Å². The lowest BCUT2D eigenvalue weighted by molar-refractivity contribution is 0.0684. The van der Waals surface area contributed by atoms with Crippen LogP contribution in [0.1, 0.15) is 36.8 Å². The van der Waals surface area contributed by atoms with Gasteiger partial charge in [-0.3, -0.25) is 0 Å². The van der Waals surface area contributed by atoms with E-state index >= 15 is 0 Å². The molecule has 5 nitrogen and oxygen atoms in total. The Morgan fingerprint density at radius 3 is 2.29 bits per heavy atom. The molecule has 2 rings (SSSR count). The van der Waals surface area contributed by atoms with Crippen molar-refractivity contribution in [3.8, 4) is 0 Å². The van der Waals surface area contributed by atoms with Crippen LogP contribution < -0.4 is 0 Å². The van der Waals surface area contributed by atoms with Crippen LogP contribution in [0.5, 0.6) is 0 Å². The van der Waals surface area contributed by atoms with Gasteiger partial charge >= 0.3 is 12.1 Å². The Morgan fingerprint density at radius 1 is 1.19 bits per heavy atom. The Kier molecular flexibility index (Phi) is 3.49. The van der Waals surface area contributed by atoms with Crippen LogP contribution >= 0.6 is 0 Å². The van der Waals surface area contributed by atoms with Crippen molar-refractivity contribution in [1.29, 1.82) is 0 Å². The van der Waals surface area contributed by atoms with E-state index in [1.54, 1.807) is 0 Å². The summed E-state index contributed by atoms with van der Waals surface area (Å²) >= 11 is 0. The van der Waals surface area contributed by atoms with Crippen LogP contribution in [0.4, 0.5) is 9.18 Å². The van der Waals surface area contributed by atoms with E-state index in [4.69, 9.17) is 5.11 Å². The fourth-order valence-corrected chi connectivity index (χ4v) is 2.46. The predicted molar refractivity (Wildman–Crippen MR) is 75.4 cm³/mol. The zero-order valence-electron chi connectivity index (χ0n) is 12.0. The van der Waals surface area contributed by atoms with E-state index in [2.05, 4.69) is 0 Å². The second-order valence-corrected chi connectivity index (χ2v) is 6.19. The largest absolute Gasteiger partial charge is 0.477 e. The molecule has 0 atom stereocenters. The molecular weight excluding hydrogens is 277 g/mol. The Bertz CT molecular complexity index is 740. The lowest BCUT2D eigenvalue weighted by Gasteiger charge is -2.19. The number of carboxylic acid groups (broad SMARTS) is 2. The standard InChI is InChI=1S/C15H16FNO4/c1-15(2,3)7-9-5-10(16)4-8-6-11(13(18)19)17(12(8)9)14(20)21/h4-6H,7H2,1-3H3,(H,18,19)(H,20,21). The number of carbonyl (C=O) groups is 2. The van der Waals surface area contributed by atoms with E-state index in [0.29, 0.717) is 16.6 Å². The second-order valence-electron chi connectivity index (χ2n) is 6.19. The average molecular weight is 293 g/mol. The normalized spacial score (nSPS) is 11.8. The number of hydrogen-bond acceptors (Lipinski definition) is 2. The fourth-order valence-electron chi connectivity index (χ4n) is 2.46. The van der Waals surface area contributed by atoms with Crippen molar-refractivity contribution in [3.63, 3.8) is 0 Å². The van der Waals surface area contributed by atoms with Crippen molar-refractivity contribution in [2.75, 3.05) is 0 Å². The van der Waals surface area contributed by atoms with Crippen molar-refractivity contribution in [3.05, 3.63) is 35.3 Å². The summed E-state index contributed by atoms with van der Waals surface area (Å²) in [5.41, 5.74) is 0.124. The highest BCUT2D eigenvalue weighted by Gasteiger charge is 2.24. The fraction of sp³-hybridized carbons (Fsp3) is 0.333. The first kappa shape index (κ1) is 15.0. The van der Waals surface area contributed by atoms with E-state index in [1.165, 1.54) is 12.1 Å². The number of carboxylic acids is 1. The average Bonchev–Trinajstić information content (AvgIpc) is 2.65. The Hall–Kier alpha value is -2.37. The van der Waals surface area contributed by atoms with Gasteiger partial charge in [0.15, 0.2) is 0 Å². The highest BCUT2D eigenvalue weighted by Crippen LogP contribution is 2.30. The summed E-state index contributed by atoms with van der Waals surface area (Å²) in [6.45, 7) is 5.82. The van der Waals surface area contributed by atoms with E-state index in [9.17, 15) is 19.1 Å². The highest BCUT2D eigenvalue weighted by atomic mass is 19.1. The molecule has 0 radical (unpaired) electrons. The van der Waals surface area contributed by atoms with Crippen molar-refractivity contribution in [1.82, 2.24) is 4.57 Å². The van der Waals surface area contributed by atoms with Gasteiger partial charge in [-0.2, -0.15) is 0 Å². The molecule has 112 valence electrons. The molecule has 2 aromatic rings. The van der Waals surface area contributed by atoms with Crippen LogP contribution in [0, 0.1) is 11.2 Å². The Morgan fingerprint density at radius 2 is 1.81 bits per heavy atom. The topological polar surface area (TPSA) is 79.5 Å². The maximum absolute atomic E-state index is 13.7. The molecule has 0 aliphatic rings. The number of aromatic nitrogens is 1. The molecule has 1 aromatic carbocycles. The summed E-state index contributed by atoms with van der Waals surface area (Å²) in [4.78, 5) is 22.6. The molecule has 0 fully saturated rings. The first-order chi connectivity index (χ1) is 9.60. The molecule has 2 N–H and O–H groups in total. The number of fused-ring (bicyclic) bond motifs is 1. The first-order valence-electron chi connectivity index (χ1n) is 6.40. The van der Waals surface area contributed by atoms with Gasteiger partial charge in [0.2, 0.25) is 0 Å². The van der Waals surface area contributed by atoms with Crippen LogP contribution in [0.15, 0.2) is 18.2 Å². The molecular formula is C15H16FNO4. The summed E-state index contributed by atoms with van der Waals surface area (Å²) < 4.78 is 14.4. The third-order valence-corrected chi connectivity index (χ3v) is 3.07. The van der Waals surface area contributed by atoms with Gasteiger partial charge in [-0.05, 0) is 35.6 Å². The Balaban J connectivity index is 2.85. The van der Waals surface area contributed by atoms with Crippen LogP contribution in [0.25, 0.3) is 10.9 Å². The number of nitrogens with zero attached hydrogens (tertiary/aromatic N) is 1. The zero-order chi connectivity index (χ0) is 15.9. The van der Waals surface area contributed by atoms with Crippen molar-refractivity contribution in [2.24, 2.45) is 5.41 Å². The molecule has 0 amide bonds. The molecule has 0 aliphatic carbocycles. The molecule has 0 saturated carbocycles. The third-order valence-electron chi connectivity index (χ3n) is 3.07. The van der Waals surface area contributed by atoms with Crippen LogP contribution in [0.3, 0.4) is 0 Å². The van der Waals surface area contributed by atoms with Gasteiger partial charge in [0.1, 0.15) is 11.5 Å². The van der Waals surface area contributed by atoms with Crippen molar-refractivity contribution >= 4 is 23.0 Å². The van der Waals surface area contributed by atoms with Crippen LogP contribution in [-0.2, 0) is 6.42 Å². The molecule has 21 heavy (non-hydrogen) atoms. The maximum atomic E-state index is 13.7. The maximum Gasteiger partial charge on any atom is 0.416 e. The quantitative estimate of drug-likeness (QED) is 0.886. The minimum atomic E-state index is -1.40. The van der Waals surface area contributed by atoms with Gasteiger partial charge in [-0.15, -0.1) is 0 Å². The first-order valence-corrected chi connectivity index (χ1v) is 6.40. The van der Waals surface area contributed by atoms with Crippen LogP contribution in [-0.4, -0.2) is 26.8 Å². The lowest BCUT2D eigenvalue weighted by atomic mass is 9.87. The summed E-state index contributed by atoms with van der Waals surface area (Å²) in [5.74, 6) is -1.88. The smallest absolute Gasteiger partial charge is 0.416 e. The van der Waals surface area contributed by atoms with Gasteiger partial charge in [0.25, 0.3) is 0 Å². The SMILES string of the molecule is CC(C)(C)Cc1cc(F)cc2cc(C(=O)O)n(C(=O)O)c12. The molecule has 1 heterocycles. The minimum Gasteiger partial charge on any atom is -0.477 e. The molecule has 6 heteroatoms. The number of rotatable bonds is 2. The summed E-state index contributed by atoms with van der Waals surface area (Å²) in [6, 6.07) is 3.59. The number of benzene rings is 1. The molecule has 0 aliphatic heterocycles. The Labute approximate surface area is 120 Å². The molecule has 0 spiro atoms. The highest BCUT2D eigenvalue weighted by molar-refractivity contribution is 6.01. The number of halogens is 1. The summed E-state index contributed by atoms with van der Waals surface area (Å²) in [7, 11) is 0. The number of hydrogen-bond donors (Lipinski definition) is 2. The van der Waals surface area contributed by atoms with Gasteiger partial charge in [-0.1, -0.05) is 20.8 Å². The van der Waals surface area contributed by atoms with Gasteiger partial charge in [0.05, 0.1) is 5.52 Å². The minimum absolute atomic E-state index is 0.197.